The molecule has 0 fully saturated rings. The van der Waals surface area contributed by atoms with Gasteiger partial charge in [0.2, 0.25) is 10.0 Å². The van der Waals surface area contributed by atoms with Crippen molar-refractivity contribution < 1.29 is 22.8 Å². The van der Waals surface area contributed by atoms with E-state index in [2.05, 4.69) is 9.88 Å². The Morgan fingerprint density at radius 1 is 1.30 bits per heavy atom. The van der Waals surface area contributed by atoms with Crippen LogP contribution in [0.1, 0.15) is 20.3 Å². The fraction of sp³-hybridized carbons (Fsp3) is 0.333. The lowest BCUT2D eigenvalue weighted by Gasteiger charge is -2.17. The zero-order valence-corrected chi connectivity index (χ0v) is 13.6. The summed E-state index contributed by atoms with van der Waals surface area (Å²) in [5.74, 6) is -0.885. The van der Waals surface area contributed by atoms with Crippen LogP contribution in [-0.4, -0.2) is 30.7 Å². The highest BCUT2D eigenvalue weighted by Crippen LogP contribution is 2.27. The molecule has 1 aromatic carbocycles. The molecule has 1 atom stereocenters. The molecule has 8 heteroatoms. The summed E-state index contributed by atoms with van der Waals surface area (Å²) in [6.45, 7) is 3.65. The summed E-state index contributed by atoms with van der Waals surface area (Å²) in [7, 11) is -4.03. The van der Waals surface area contributed by atoms with Gasteiger partial charge in [-0.25, -0.2) is 8.42 Å². The third-order valence-electron chi connectivity index (χ3n) is 3.18. The third kappa shape index (κ3) is 4.17. The van der Waals surface area contributed by atoms with Crippen molar-refractivity contribution in [2.45, 2.75) is 31.2 Å². The molecule has 0 saturated heterocycles. The number of nitrogens with zero attached hydrogens (tertiary/aromatic N) is 1. The van der Waals surface area contributed by atoms with Crippen molar-refractivity contribution in [2.24, 2.45) is 5.92 Å². The van der Waals surface area contributed by atoms with Gasteiger partial charge in [-0.15, -0.1) is 0 Å². The van der Waals surface area contributed by atoms with Gasteiger partial charge in [0.15, 0.2) is 5.76 Å². The van der Waals surface area contributed by atoms with E-state index in [1.807, 2.05) is 13.8 Å². The second-order valence-electron chi connectivity index (χ2n) is 5.51. The molecular weight excluding hydrogens is 320 g/mol. The second kappa shape index (κ2) is 6.93. The lowest BCUT2D eigenvalue weighted by molar-refractivity contribution is -0.139. The zero-order chi connectivity index (χ0) is 17.0. The molecule has 0 bridgehead atoms. The number of aromatic nitrogens is 1. The van der Waals surface area contributed by atoms with Crippen LogP contribution in [0, 0.1) is 5.92 Å². The van der Waals surface area contributed by atoms with Gasteiger partial charge in [-0.3, -0.25) is 4.79 Å². The number of carboxylic acid groups (broad SMARTS) is 1. The normalized spacial score (nSPS) is 13.2. The molecule has 1 aromatic heterocycles. The highest BCUT2D eigenvalue weighted by molar-refractivity contribution is 7.89. The number of sulfonamides is 1. The number of benzene rings is 1. The van der Waals surface area contributed by atoms with Crippen molar-refractivity contribution in [3.8, 4) is 11.3 Å². The third-order valence-corrected chi connectivity index (χ3v) is 4.71. The maximum atomic E-state index is 12.6. The first-order valence-corrected chi connectivity index (χ1v) is 8.55. The van der Waals surface area contributed by atoms with E-state index in [4.69, 9.17) is 4.52 Å². The Kier molecular flexibility index (Phi) is 5.17. The zero-order valence-electron chi connectivity index (χ0n) is 12.8. The summed E-state index contributed by atoms with van der Waals surface area (Å²) in [5, 5.41) is 12.8. The Hall–Kier alpha value is -2.19. The van der Waals surface area contributed by atoms with Crippen LogP contribution in [0.25, 0.3) is 11.3 Å². The highest BCUT2D eigenvalue weighted by Gasteiger charge is 2.28. The van der Waals surface area contributed by atoms with Crippen molar-refractivity contribution in [3.63, 3.8) is 0 Å². The van der Waals surface area contributed by atoms with Crippen LogP contribution in [0.5, 0.6) is 0 Å². The van der Waals surface area contributed by atoms with Crippen LogP contribution in [0.15, 0.2) is 45.9 Å². The Morgan fingerprint density at radius 2 is 2.00 bits per heavy atom. The van der Waals surface area contributed by atoms with Crippen molar-refractivity contribution in [1.82, 2.24) is 9.88 Å². The molecule has 0 amide bonds. The van der Waals surface area contributed by atoms with Gasteiger partial charge in [0.1, 0.15) is 6.04 Å². The number of carboxylic acids is 1. The Morgan fingerprint density at radius 3 is 2.57 bits per heavy atom. The average Bonchev–Trinajstić information content (AvgIpc) is 3.00. The fourth-order valence-electron chi connectivity index (χ4n) is 2.18. The molecule has 2 N–H and O–H groups in total. The SMILES string of the molecule is CC(C)C[C@@H](NS(=O)(=O)c1ccccc1-c1ccno1)C(=O)O. The minimum absolute atomic E-state index is 0.0308. The minimum Gasteiger partial charge on any atom is -0.480 e. The molecule has 2 rings (SSSR count). The summed E-state index contributed by atoms with van der Waals surface area (Å²) in [4.78, 5) is 11.3. The molecule has 0 unspecified atom stereocenters. The molecule has 23 heavy (non-hydrogen) atoms. The number of hydrogen-bond acceptors (Lipinski definition) is 5. The van der Waals surface area contributed by atoms with E-state index in [-0.39, 0.29) is 17.2 Å². The molecule has 7 nitrogen and oxygen atoms in total. The number of rotatable bonds is 7. The smallest absolute Gasteiger partial charge is 0.321 e. The van der Waals surface area contributed by atoms with Crippen LogP contribution in [0.4, 0.5) is 0 Å². The van der Waals surface area contributed by atoms with E-state index in [0.29, 0.717) is 11.3 Å². The predicted molar refractivity (Wildman–Crippen MR) is 83.1 cm³/mol. The summed E-state index contributed by atoms with van der Waals surface area (Å²) in [6, 6.07) is 6.55. The van der Waals surface area contributed by atoms with Crippen LogP contribution >= 0.6 is 0 Å². The maximum Gasteiger partial charge on any atom is 0.321 e. The van der Waals surface area contributed by atoms with E-state index in [9.17, 15) is 18.3 Å². The molecule has 0 aliphatic carbocycles. The first-order chi connectivity index (χ1) is 10.8. The Balaban J connectivity index is 2.39. The molecule has 2 aromatic rings. The fourth-order valence-corrected chi connectivity index (χ4v) is 3.60. The summed E-state index contributed by atoms with van der Waals surface area (Å²) >= 11 is 0. The van der Waals surface area contributed by atoms with Crippen LogP contribution in [0.2, 0.25) is 0 Å². The van der Waals surface area contributed by atoms with E-state index in [0.717, 1.165) is 0 Å². The van der Waals surface area contributed by atoms with Crippen molar-refractivity contribution >= 4 is 16.0 Å². The predicted octanol–water partition coefficient (Wildman–Crippen LogP) is 2.12. The van der Waals surface area contributed by atoms with Gasteiger partial charge in [-0.1, -0.05) is 31.1 Å². The monoisotopic (exact) mass is 338 g/mol. The molecule has 0 aliphatic heterocycles. The lowest BCUT2D eigenvalue weighted by Crippen LogP contribution is -2.41. The van der Waals surface area contributed by atoms with Crippen LogP contribution in [-0.2, 0) is 14.8 Å². The molecule has 0 saturated carbocycles. The van der Waals surface area contributed by atoms with Gasteiger partial charge >= 0.3 is 5.97 Å². The topological polar surface area (TPSA) is 110 Å². The highest BCUT2D eigenvalue weighted by atomic mass is 32.2. The maximum absolute atomic E-state index is 12.6. The Labute approximate surface area is 134 Å². The van der Waals surface area contributed by atoms with Crippen LogP contribution in [0.3, 0.4) is 0 Å². The number of nitrogens with one attached hydrogen (secondary N) is 1. The molecule has 1 heterocycles. The first kappa shape index (κ1) is 17.2. The standard InChI is InChI=1S/C15H18N2O5S/c1-10(2)9-12(15(18)19)17-23(20,21)14-6-4-3-5-11(14)13-7-8-16-22-13/h3-8,10,12,17H,9H2,1-2H3,(H,18,19)/t12-/m1/s1. The van der Waals surface area contributed by atoms with E-state index in [1.54, 1.807) is 18.2 Å². The van der Waals surface area contributed by atoms with Gasteiger partial charge in [-0.2, -0.15) is 4.72 Å². The number of aliphatic carboxylic acids is 1. The molecule has 0 aliphatic rings. The van der Waals surface area contributed by atoms with Crippen molar-refractivity contribution in [2.75, 3.05) is 0 Å². The second-order valence-corrected chi connectivity index (χ2v) is 7.20. The number of carbonyl (C=O) groups is 1. The van der Waals surface area contributed by atoms with Crippen LogP contribution < -0.4 is 4.72 Å². The van der Waals surface area contributed by atoms with Crippen molar-refractivity contribution in [1.29, 1.82) is 0 Å². The van der Waals surface area contributed by atoms with Gasteiger partial charge in [0.05, 0.1) is 11.1 Å². The summed E-state index contributed by atoms with van der Waals surface area (Å²) in [6.07, 6.45) is 1.60. The van der Waals surface area contributed by atoms with Crippen molar-refractivity contribution in [3.05, 3.63) is 36.5 Å². The number of hydrogen-bond donors (Lipinski definition) is 2. The van der Waals surface area contributed by atoms with Gasteiger partial charge in [0.25, 0.3) is 0 Å². The van der Waals surface area contributed by atoms with Gasteiger partial charge in [0, 0.05) is 11.6 Å². The van der Waals surface area contributed by atoms with E-state index in [1.165, 1.54) is 18.3 Å². The van der Waals surface area contributed by atoms with E-state index >= 15 is 0 Å². The quantitative estimate of drug-likeness (QED) is 0.800. The minimum atomic E-state index is -4.03. The lowest BCUT2D eigenvalue weighted by atomic mass is 10.1. The van der Waals surface area contributed by atoms with Gasteiger partial charge < -0.3 is 9.63 Å². The summed E-state index contributed by atoms with van der Waals surface area (Å²) < 4.78 is 32.5. The molecule has 0 spiro atoms. The first-order valence-electron chi connectivity index (χ1n) is 7.06. The molecule has 124 valence electrons. The van der Waals surface area contributed by atoms with E-state index < -0.39 is 22.0 Å². The molecular formula is C15H18N2O5S. The molecule has 0 radical (unpaired) electrons. The Bertz CT molecular complexity index is 769. The largest absolute Gasteiger partial charge is 0.480 e. The van der Waals surface area contributed by atoms with Gasteiger partial charge in [-0.05, 0) is 24.5 Å². The summed E-state index contributed by atoms with van der Waals surface area (Å²) in [5.41, 5.74) is 0.325. The average molecular weight is 338 g/mol.